The van der Waals surface area contributed by atoms with Crippen molar-refractivity contribution in [3.63, 3.8) is 0 Å². The van der Waals surface area contributed by atoms with Gasteiger partial charge in [-0.3, -0.25) is 0 Å². The van der Waals surface area contributed by atoms with Crippen molar-refractivity contribution in [2.75, 3.05) is 11.9 Å². The number of hydrogen-bond acceptors (Lipinski definition) is 5. The molecule has 1 fully saturated rings. The summed E-state index contributed by atoms with van der Waals surface area (Å²) in [5, 5.41) is 7.93. The molecule has 2 amide bonds. The fraction of sp³-hybridized carbons (Fsp3) is 0.381. The van der Waals surface area contributed by atoms with Gasteiger partial charge in [-0.2, -0.15) is 0 Å². The number of fused-ring (bicyclic) bond motifs is 1. The average molecular weight is 381 g/mol. The molecule has 2 aromatic heterocycles. The number of hydrogen-bond donors (Lipinski definition) is 1. The Labute approximate surface area is 162 Å². The lowest BCUT2D eigenvalue weighted by atomic mass is 10.1. The Morgan fingerprint density at radius 2 is 2.11 bits per heavy atom. The van der Waals surface area contributed by atoms with Crippen molar-refractivity contribution < 1.29 is 13.7 Å². The monoisotopic (exact) mass is 381 g/mol. The highest BCUT2D eigenvalue weighted by Gasteiger charge is 2.32. The van der Waals surface area contributed by atoms with Gasteiger partial charge < -0.3 is 19.2 Å². The van der Waals surface area contributed by atoms with Gasteiger partial charge in [0.05, 0.1) is 6.04 Å². The molecular formula is C21H23N3O4. The van der Waals surface area contributed by atoms with Gasteiger partial charge in [0.25, 0.3) is 0 Å². The summed E-state index contributed by atoms with van der Waals surface area (Å²) in [5.41, 5.74) is 2.27. The minimum atomic E-state index is -0.403. The average Bonchev–Trinajstić information content (AvgIpc) is 3.30. The number of urea groups is 1. The zero-order chi connectivity index (χ0) is 19.8. The molecule has 1 aliphatic heterocycles. The topological polar surface area (TPSA) is 88.6 Å². The fourth-order valence-corrected chi connectivity index (χ4v) is 3.65. The standard InChI is InChI=1S/C21H23N3O4/c1-12(2)18-11-16(23-28-18)17-5-4-8-24(17)21(26)22-14-6-7-15-13(3)9-20(25)27-19(15)10-14/h6-7,9-12,17H,4-5,8H2,1-3H3,(H,22,26). The molecule has 0 spiro atoms. The summed E-state index contributed by atoms with van der Waals surface area (Å²) in [4.78, 5) is 26.3. The SMILES string of the molecule is Cc1cc(=O)oc2cc(NC(=O)N3CCCC3c3cc(C(C)C)on3)ccc12. The van der Waals surface area contributed by atoms with Crippen LogP contribution in [0, 0.1) is 6.92 Å². The summed E-state index contributed by atoms with van der Waals surface area (Å²) in [6, 6.07) is 8.43. The van der Waals surface area contributed by atoms with Crippen molar-refractivity contribution in [1.29, 1.82) is 0 Å². The molecule has 3 heterocycles. The third-order valence-corrected chi connectivity index (χ3v) is 5.17. The first-order valence-corrected chi connectivity index (χ1v) is 9.51. The number of benzene rings is 1. The normalized spacial score (nSPS) is 16.9. The minimum Gasteiger partial charge on any atom is -0.423 e. The third-order valence-electron chi connectivity index (χ3n) is 5.17. The van der Waals surface area contributed by atoms with Crippen molar-refractivity contribution in [2.24, 2.45) is 0 Å². The molecule has 0 aliphatic carbocycles. The first kappa shape index (κ1) is 18.3. The van der Waals surface area contributed by atoms with E-state index in [0.29, 0.717) is 17.8 Å². The molecule has 1 atom stereocenters. The van der Waals surface area contributed by atoms with Crippen LogP contribution in [0.3, 0.4) is 0 Å². The van der Waals surface area contributed by atoms with E-state index in [0.717, 1.165) is 35.2 Å². The first-order chi connectivity index (χ1) is 13.4. The Morgan fingerprint density at radius 3 is 2.86 bits per heavy atom. The van der Waals surface area contributed by atoms with Gasteiger partial charge in [0.15, 0.2) is 0 Å². The number of anilines is 1. The van der Waals surface area contributed by atoms with E-state index < -0.39 is 5.63 Å². The lowest BCUT2D eigenvalue weighted by Gasteiger charge is -2.23. The summed E-state index contributed by atoms with van der Waals surface area (Å²) >= 11 is 0. The number of rotatable bonds is 3. The summed E-state index contributed by atoms with van der Waals surface area (Å²) in [6.07, 6.45) is 1.76. The molecular weight excluding hydrogens is 358 g/mol. The van der Waals surface area contributed by atoms with Crippen LogP contribution in [0.15, 0.2) is 44.1 Å². The molecule has 1 aromatic carbocycles. The van der Waals surface area contributed by atoms with Gasteiger partial charge >= 0.3 is 11.7 Å². The summed E-state index contributed by atoms with van der Waals surface area (Å²) < 4.78 is 10.7. The smallest absolute Gasteiger partial charge is 0.336 e. The predicted octanol–water partition coefficient (Wildman–Crippen LogP) is 4.58. The number of carbonyl (C=O) groups excluding carboxylic acids is 1. The Bertz CT molecular complexity index is 1080. The van der Waals surface area contributed by atoms with Crippen LogP contribution in [0.25, 0.3) is 11.0 Å². The van der Waals surface area contributed by atoms with Gasteiger partial charge in [-0.15, -0.1) is 0 Å². The molecule has 0 radical (unpaired) electrons. The third kappa shape index (κ3) is 3.40. The highest BCUT2D eigenvalue weighted by Crippen LogP contribution is 2.33. The zero-order valence-corrected chi connectivity index (χ0v) is 16.2. The van der Waals surface area contributed by atoms with E-state index in [1.54, 1.807) is 11.0 Å². The summed E-state index contributed by atoms with van der Waals surface area (Å²) in [6.45, 7) is 6.60. The maximum absolute atomic E-state index is 12.9. The van der Waals surface area contributed by atoms with Crippen LogP contribution in [-0.2, 0) is 0 Å². The molecule has 4 rings (SSSR count). The Hall–Kier alpha value is -3.09. The number of nitrogens with one attached hydrogen (secondary N) is 1. The number of nitrogens with zero attached hydrogens (tertiary/aromatic N) is 2. The second-order valence-corrected chi connectivity index (χ2v) is 7.55. The number of carbonyl (C=O) groups is 1. The van der Waals surface area contributed by atoms with E-state index in [9.17, 15) is 9.59 Å². The second-order valence-electron chi connectivity index (χ2n) is 7.55. The second kappa shape index (κ2) is 7.14. The first-order valence-electron chi connectivity index (χ1n) is 9.51. The molecule has 0 bridgehead atoms. The predicted molar refractivity (Wildman–Crippen MR) is 106 cm³/mol. The summed E-state index contributed by atoms with van der Waals surface area (Å²) in [7, 11) is 0. The highest BCUT2D eigenvalue weighted by atomic mass is 16.5. The van der Waals surface area contributed by atoms with Gasteiger partial charge in [0.1, 0.15) is 17.0 Å². The van der Waals surface area contributed by atoms with Crippen molar-refractivity contribution in [3.8, 4) is 0 Å². The van der Waals surface area contributed by atoms with Gasteiger partial charge in [-0.25, -0.2) is 9.59 Å². The van der Waals surface area contributed by atoms with Crippen LogP contribution >= 0.6 is 0 Å². The molecule has 1 N–H and O–H groups in total. The number of likely N-dealkylation sites (tertiary alicyclic amines) is 1. The molecule has 28 heavy (non-hydrogen) atoms. The van der Waals surface area contributed by atoms with E-state index in [2.05, 4.69) is 10.5 Å². The van der Waals surface area contributed by atoms with Crippen LogP contribution in [-0.4, -0.2) is 22.6 Å². The van der Waals surface area contributed by atoms with Gasteiger partial charge in [-0.1, -0.05) is 19.0 Å². The van der Waals surface area contributed by atoms with Crippen LogP contribution in [0.4, 0.5) is 10.5 Å². The molecule has 3 aromatic rings. The lowest BCUT2D eigenvalue weighted by molar-refractivity contribution is 0.204. The fourth-order valence-electron chi connectivity index (χ4n) is 3.65. The van der Waals surface area contributed by atoms with Gasteiger partial charge in [-0.05, 0) is 37.5 Å². The van der Waals surface area contributed by atoms with E-state index in [1.165, 1.54) is 6.07 Å². The van der Waals surface area contributed by atoms with E-state index in [-0.39, 0.29) is 18.0 Å². The molecule has 7 heteroatoms. The van der Waals surface area contributed by atoms with Crippen molar-refractivity contribution in [1.82, 2.24) is 10.1 Å². The van der Waals surface area contributed by atoms with E-state index in [4.69, 9.17) is 8.94 Å². The van der Waals surface area contributed by atoms with Crippen molar-refractivity contribution >= 4 is 22.7 Å². The van der Waals surface area contributed by atoms with E-state index >= 15 is 0 Å². The Morgan fingerprint density at radius 1 is 1.29 bits per heavy atom. The number of amides is 2. The Kier molecular flexibility index (Phi) is 4.66. The largest absolute Gasteiger partial charge is 0.423 e. The molecule has 146 valence electrons. The quantitative estimate of drug-likeness (QED) is 0.671. The zero-order valence-electron chi connectivity index (χ0n) is 16.2. The van der Waals surface area contributed by atoms with Gasteiger partial charge in [0.2, 0.25) is 0 Å². The summed E-state index contributed by atoms with van der Waals surface area (Å²) in [5.74, 6) is 1.07. The van der Waals surface area contributed by atoms with Gasteiger partial charge in [0, 0.05) is 41.7 Å². The van der Waals surface area contributed by atoms with E-state index in [1.807, 2.05) is 39.0 Å². The highest BCUT2D eigenvalue weighted by molar-refractivity contribution is 5.93. The number of aromatic nitrogens is 1. The van der Waals surface area contributed by atoms with Crippen molar-refractivity contribution in [2.45, 2.75) is 45.6 Å². The maximum atomic E-state index is 12.9. The minimum absolute atomic E-state index is 0.100. The molecule has 1 saturated heterocycles. The Balaban J connectivity index is 1.55. The van der Waals surface area contributed by atoms with Crippen LogP contribution in [0.2, 0.25) is 0 Å². The number of aryl methyl sites for hydroxylation is 1. The van der Waals surface area contributed by atoms with Crippen LogP contribution in [0.5, 0.6) is 0 Å². The molecule has 1 aliphatic rings. The molecule has 1 unspecified atom stereocenters. The molecule has 7 nitrogen and oxygen atoms in total. The lowest BCUT2D eigenvalue weighted by Crippen LogP contribution is -2.34. The molecule has 0 saturated carbocycles. The van der Waals surface area contributed by atoms with Crippen LogP contribution < -0.4 is 10.9 Å². The van der Waals surface area contributed by atoms with Crippen molar-refractivity contribution in [3.05, 3.63) is 57.8 Å². The maximum Gasteiger partial charge on any atom is 0.336 e. The van der Waals surface area contributed by atoms with Crippen LogP contribution in [0.1, 0.15) is 55.7 Å².